The predicted molar refractivity (Wildman–Crippen MR) is 81.2 cm³/mol. The Morgan fingerprint density at radius 2 is 2.11 bits per heavy atom. The molecule has 0 spiro atoms. The van der Waals surface area contributed by atoms with Crippen LogP contribution in [0, 0.1) is 0 Å². The molecule has 0 atom stereocenters. The van der Waals surface area contributed by atoms with E-state index in [0.717, 1.165) is 18.7 Å². The maximum atomic E-state index is 9.87. The largest absolute Gasteiger partial charge is 0.497 e. The second-order valence-corrected chi connectivity index (χ2v) is 5.17. The van der Waals surface area contributed by atoms with Crippen LogP contribution in [0.3, 0.4) is 0 Å². The van der Waals surface area contributed by atoms with Gasteiger partial charge in [0.05, 0.1) is 13.7 Å². The molecule has 0 bridgehead atoms. The summed E-state index contributed by atoms with van der Waals surface area (Å²) >= 11 is 1.29. The van der Waals surface area contributed by atoms with E-state index in [1.807, 2.05) is 32.5 Å². The SMILES string of the molecule is COc1ccc(C(=[OH+])SC)c(OCCCN(C)C)c1. The van der Waals surface area contributed by atoms with Crippen molar-refractivity contribution in [3.05, 3.63) is 23.8 Å². The lowest BCUT2D eigenvalue weighted by molar-refractivity contribution is 0.280. The summed E-state index contributed by atoms with van der Waals surface area (Å²) < 4.78 is 10.9. The van der Waals surface area contributed by atoms with E-state index in [0.29, 0.717) is 17.9 Å². The molecule has 0 aliphatic heterocycles. The van der Waals surface area contributed by atoms with Crippen LogP contribution in [0.2, 0.25) is 0 Å². The zero-order valence-electron chi connectivity index (χ0n) is 12.0. The van der Waals surface area contributed by atoms with Gasteiger partial charge in [-0.15, -0.1) is 0 Å². The first-order valence-corrected chi connectivity index (χ1v) is 7.36. The highest BCUT2D eigenvalue weighted by Gasteiger charge is 2.18. The highest BCUT2D eigenvalue weighted by molar-refractivity contribution is 8.13. The van der Waals surface area contributed by atoms with Gasteiger partial charge in [0, 0.05) is 12.6 Å². The van der Waals surface area contributed by atoms with Crippen molar-refractivity contribution in [3.8, 4) is 11.5 Å². The third-order valence-electron chi connectivity index (χ3n) is 2.62. The van der Waals surface area contributed by atoms with Crippen molar-refractivity contribution in [2.75, 3.05) is 40.6 Å². The monoisotopic (exact) mass is 284 g/mol. The summed E-state index contributed by atoms with van der Waals surface area (Å²) in [7, 11) is 5.68. The molecular formula is C14H22NO3S+. The summed E-state index contributed by atoms with van der Waals surface area (Å²) in [5.41, 5.74) is 0.707. The van der Waals surface area contributed by atoms with Crippen molar-refractivity contribution in [2.24, 2.45) is 0 Å². The fraction of sp³-hybridized carbons (Fsp3) is 0.500. The van der Waals surface area contributed by atoms with E-state index in [9.17, 15) is 4.79 Å². The van der Waals surface area contributed by atoms with Gasteiger partial charge in [0.15, 0.2) is 0 Å². The fourth-order valence-corrected chi connectivity index (χ4v) is 1.99. The van der Waals surface area contributed by atoms with Gasteiger partial charge in [-0.05, 0) is 50.7 Å². The van der Waals surface area contributed by atoms with Crippen molar-refractivity contribution in [3.63, 3.8) is 0 Å². The van der Waals surface area contributed by atoms with E-state index in [4.69, 9.17) is 9.47 Å². The van der Waals surface area contributed by atoms with Crippen molar-refractivity contribution in [1.82, 2.24) is 4.90 Å². The number of benzene rings is 1. The quantitative estimate of drug-likeness (QED) is 0.569. The Kier molecular flexibility index (Phi) is 6.73. The Morgan fingerprint density at radius 1 is 1.37 bits per heavy atom. The van der Waals surface area contributed by atoms with Gasteiger partial charge >= 0.3 is 5.12 Å². The molecule has 106 valence electrons. The highest BCUT2D eigenvalue weighted by atomic mass is 32.2. The zero-order chi connectivity index (χ0) is 14.3. The van der Waals surface area contributed by atoms with Gasteiger partial charge in [0.1, 0.15) is 17.1 Å². The van der Waals surface area contributed by atoms with E-state index >= 15 is 0 Å². The average molecular weight is 284 g/mol. The van der Waals surface area contributed by atoms with Gasteiger partial charge in [-0.1, -0.05) is 0 Å². The number of hydrogen-bond donors (Lipinski definition) is 0. The van der Waals surface area contributed by atoms with Crippen LogP contribution in [0.5, 0.6) is 11.5 Å². The summed E-state index contributed by atoms with van der Waals surface area (Å²) in [6.45, 7) is 1.58. The smallest absolute Gasteiger partial charge is 0.385 e. The predicted octanol–water partition coefficient (Wildman–Crippen LogP) is 2.24. The minimum absolute atomic E-state index is 0.255. The van der Waals surface area contributed by atoms with Crippen LogP contribution in [-0.2, 0) is 0 Å². The second-order valence-electron chi connectivity index (χ2n) is 4.38. The molecule has 1 aromatic carbocycles. The highest BCUT2D eigenvalue weighted by Crippen LogP contribution is 2.27. The molecule has 0 heterocycles. The molecule has 1 aromatic rings. The molecule has 0 aliphatic carbocycles. The topological polar surface area (TPSA) is 43.1 Å². The molecule has 0 radical (unpaired) electrons. The molecule has 0 fully saturated rings. The van der Waals surface area contributed by atoms with Crippen LogP contribution in [0.25, 0.3) is 0 Å². The van der Waals surface area contributed by atoms with Gasteiger partial charge in [0.25, 0.3) is 0 Å². The van der Waals surface area contributed by atoms with Crippen molar-refractivity contribution >= 4 is 16.9 Å². The number of nitrogens with zero attached hydrogens (tertiary/aromatic N) is 1. The third-order valence-corrected chi connectivity index (χ3v) is 3.23. The maximum Gasteiger partial charge on any atom is 0.385 e. The number of ether oxygens (including phenoxy) is 2. The van der Waals surface area contributed by atoms with Crippen LogP contribution in [-0.4, -0.2) is 55.4 Å². The lowest BCUT2D eigenvalue weighted by atomic mass is 10.2. The van der Waals surface area contributed by atoms with Gasteiger partial charge in [-0.25, -0.2) is 0 Å². The van der Waals surface area contributed by atoms with Crippen LogP contribution in [0.15, 0.2) is 18.2 Å². The molecular weight excluding hydrogens is 262 g/mol. The number of methoxy groups -OCH3 is 1. The van der Waals surface area contributed by atoms with Crippen LogP contribution in [0.4, 0.5) is 0 Å². The minimum atomic E-state index is 0.255. The lowest BCUT2D eigenvalue weighted by Crippen LogP contribution is -2.16. The molecule has 4 nitrogen and oxygen atoms in total. The van der Waals surface area contributed by atoms with E-state index < -0.39 is 0 Å². The summed E-state index contributed by atoms with van der Waals surface area (Å²) in [5, 5.41) is 0.255. The lowest BCUT2D eigenvalue weighted by Gasteiger charge is -2.12. The molecule has 0 aliphatic rings. The fourth-order valence-electron chi connectivity index (χ4n) is 1.60. The third kappa shape index (κ3) is 5.12. The van der Waals surface area contributed by atoms with Crippen molar-refractivity contribution in [2.45, 2.75) is 6.42 Å². The molecule has 1 N–H and O–H groups in total. The molecule has 0 aromatic heterocycles. The first-order valence-electron chi connectivity index (χ1n) is 6.14. The summed E-state index contributed by atoms with van der Waals surface area (Å²) in [4.78, 5) is 12.0. The van der Waals surface area contributed by atoms with Gasteiger partial charge in [0.2, 0.25) is 0 Å². The summed E-state index contributed by atoms with van der Waals surface area (Å²) in [6, 6.07) is 5.43. The maximum absolute atomic E-state index is 9.87. The standard InChI is InChI=1S/C14H21NO3S/c1-15(2)8-5-9-18-13-10-11(17-3)6-7-12(13)14(16)19-4/h6-7,10H,5,8-9H2,1-4H3/p+1. The summed E-state index contributed by atoms with van der Waals surface area (Å²) in [5.74, 6) is 1.38. The van der Waals surface area contributed by atoms with E-state index in [-0.39, 0.29) is 5.12 Å². The van der Waals surface area contributed by atoms with Crippen LogP contribution in [0.1, 0.15) is 12.0 Å². The van der Waals surface area contributed by atoms with Gasteiger partial charge < -0.3 is 14.4 Å². The Labute approximate surface area is 119 Å². The van der Waals surface area contributed by atoms with E-state index in [2.05, 4.69) is 4.90 Å². The summed E-state index contributed by atoms with van der Waals surface area (Å²) in [6.07, 6.45) is 2.76. The number of carbonyl (C=O) groups excluding carboxylic acids is 1. The van der Waals surface area contributed by atoms with Crippen LogP contribution < -0.4 is 9.47 Å². The first kappa shape index (κ1) is 15.9. The molecule has 19 heavy (non-hydrogen) atoms. The van der Waals surface area contributed by atoms with E-state index in [1.165, 1.54) is 11.8 Å². The van der Waals surface area contributed by atoms with Crippen molar-refractivity contribution in [1.29, 1.82) is 0 Å². The Morgan fingerprint density at radius 3 is 2.68 bits per heavy atom. The minimum Gasteiger partial charge on any atom is -0.497 e. The number of thioether (sulfide) groups is 1. The molecule has 0 amide bonds. The Balaban J connectivity index is 2.74. The Bertz CT molecular complexity index is 421. The number of hydrogen-bond acceptors (Lipinski definition) is 4. The first-order chi connectivity index (χ1) is 9.08. The zero-order valence-corrected chi connectivity index (χ0v) is 12.8. The van der Waals surface area contributed by atoms with Crippen molar-refractivity contribution < 1.29 is 14.3 Å². The molecule has 0 unspecified atom stereocenters. The number of rotatable bonds is 7. The Hall–Kier alpha value is -1.20. The van der Waals surface area contributed by atoms with Gasteiger partial charge in [-0.2, -0.15) is 0 Å². The normalized spacial score (nSPS) is 10.6. The molecule has 0 saturated carbocycles. The van der Waals surface area contributed by atoms with E-state index in [1.54, 1.807) is 13.2 Å². The molecule has 5 heteroatoms. The average Bonchev–Trinajstić information content (AvgIpc) is 2.42. The molecule has 1 rings (SSSR count). The molecule has 0 saturated heterocycles. The van der Waals surface area contributed by atoms with Crippen LogP contribution >= 0.6 is 11.8 Å². The second kappa shape index (κ2) is 8.07. The van der Waals surface area contributed by atoms with Gasteiger partial charge in [-0.3, -0.25) is 4.79 Å².